The van der Waals surface area contributed by atoms with Gasteiger partial charge in [-0.3, -0.25) is 4.79 Å². The lowest BCUT2D eigenvalue weighted by atomic mass is 10.0. The third-order valence-corrected chi connectivity index (χ3v) is 3.97. The molecule has 0 atom stereocenters. The van der Waals surface area contributed by atoms with Crippen LogP contribution >= 0.6 is 0 Å². The summed E-state index contributed by atoms with van der Waals surface area (Å²) in [6.45, 7) is 7.77. The Morgan fingerprint density at radius 3 is 2.55 bits per heavy atom. The zero-order chi connectivity index (χ0) is 14.7. The number of piperidine rings is 1. The number of nitrogens with one attached hydrogen (secondary N) is 1. The van der Waals surface area contributed by atoms with Crippen molar-refractivity contribution in [2.45, 2.75) is 46.2 Å². The molecule has 0 bridgehead atoms. The number of anilines is 1. The van der Waals surface area contributed by atoms with E-state index in [9.17, 15) is 4.79 Å². The molecule has 0 aliphatic carbocycles. The highest BCUT2D eigenvalue weighted by atomic mass is 16.1. The molecule has 1 amide bonds. The molecule has 0 saturated carbocycles. The summed E-state index contributed by atoms with van der Waals surface area (Å²) in [4.78, 5) is 13.3. The predicted octanol–water partition coefficient (Wildman–Crippen LogP) is 0.657. The second-order valence-corrected chi connectivity index (χ2v) is 5.38. The Labute approximate surface area is 119 Å². The predicted molar refractivity (Wildman–Crippen MR) is 78.4 cm³/mol. The van der Waals surface area contributed by atoms with Crippen LogP contribution in [0.4, 0.5) is 5.82 Å². The first-order valence-corrected chi connectivity index (χ1v) is 7.07. The fourth-order valence-electron chi connectivity index (χ4n) is 2.67. The lowest BCUT2D eigenvalue weighted by Gasteiger charge is -2.34. The SMILES string of the molecule is CC(=O)NC1CCN(c2nnc(C)c(C)c2CN)CC1. The molecule has 6 heteroatoms. The molecule has 0 radical (unpaired) electrons. The Bertz CT molecular complexity index is 495. The molecule has 1 fully saturated rings. The molecule has 1 aliphatic heterocycles. The summed E-state index contributed by atoms with van der Waals surface area (Å²) in [5.74, 6) is 0.939. The fourth-order valence-corrected chi connectivity index (χ4v) is 2.67. The van der Waals surface area contributed by atoms with E-state index in [1.54, 1.807) is 6.92 Å². The van der Waals surface area contributed by atoms with E-state index in [2.05, 4.69) is 20.4 Å². The van der Waals surface area contributed by atoms with Crippen LogP contribution in [0.3, 0.4) is 0 Å². The smallest absolute Gasteiger partial charge is 0.217 e. The minimum absolute atomic E-state index is 0.0390. The van der Waals surface area contributed by atoms with Gasteiger partial charge in [0.2, 0.25) is 5.91 Å². The van der Waals surface area contributed by atoms with Crippen molar-refractivity contribution in [2.24, 2.45) is 5.73 Å². The summed E-state index contributed by atoms with van der Waals surface area (Å²) < 4.78 is 0. The molecule has 0 unspecified atom stereocenters. The van der Waals surface area contributed by atoms with Gasteiger partial charge in [0.15, 0.2) is 5.82 Å². The standard InChI is InChI=1S/C14H23N5O/c1-9-10(2)17-18-14(13(9)8-15)19-6-4-12(5-7-19)16-11(3)20/h12H,4-8,15H2,1-3H3,(H,16,20). The van der Waals surface area contributed by atoms with Crippen LogP contribution in [-0.4, -0.2) is 35.2 Å². The molecule has 0 spiro atoms. The lowest BCUT2D eigenvalue weighted by molar-refractivity contribution is -0.119. The van der Waals surface area contributed by atoms with Gasteiger partial charge in [-0.15, -0.1) is 5.10 Å². The van der Waals surface area contributed by atoms with Crippen LogP contribution in [0.1, 0.15) is 36.6 Å². The summed E-state index contributed by atoms with van der Waals surface area (Å²) in [5, 5.41) is 11.5. The molecule has 0 aromatic carbocycles. The van der Waals surface area contributed by atoms with Gasteiger partial charge in [-0.2, -0.15) is 5.10 Å². The van der Waals surface area contributed by atoms with Crippen molar-refractivity contribution in [3.05, 3.63) is 16.8 Å². The Morgan fingerprint density at radius 1 is 1.35 bits per heavy atom. The number of aryl methyl sites for hydroxylation is 1. The first-order valence-electron chi connectivity index (χ1n) is 7.07. The van der Waals surface area contributed by atoms with Crippen molar-refractivity contribution >= 4 is 11.7 Å². The molecule has 1 aromatic heterocycles. The molecule has 110 valence electrons. The number of carbonyl (C=O) groups is 1. The highest BCUT2D eigenvalue weighted by molar-refractivity contribution is 5.73. The number of nitrogens with two attached hydrogens (primary N) is 1. The van der Waals surface area contributed by atoms with E-state index in [0.29, 0.717) is 6.54 Å². The molecule has 2 rings (SSSR count). The molecular formula is C14H23N5O. The number of aromatic nitrogens is 2. The molecular weight excluding hydrogens is 254 g/mol. The second kappa shape index (κ2) is 6.17. The second-order valence-electron chi connectivity index (χ2n) is 5.38. The highest BCUT2D eigenvalue weighted by Crippen LogP contribution is 2.24. The van der Waals surface area contributed by atoms with E-state index in [1.807, 2.05) is 13.8 Å². The van der Waals surface area contributed by atoms with Gasteiger partial charge in [-0.1, -0.05) is 0 Å². The normalized spacial score (nSPS) is 16.3. The molecule has 1 saturated heterocycles. The average Bonchev–Trinajstić information content (AvgIpc) is 2.42. The van der Waals surface area contributed by atoms with Crippen LogP contribution < -0.4 is 16.0 Å². The van der Waals surface area contributed by atoms with Gasteiger partial charge >= 0.3 is 0 Å². The van der Waals surface area contributed by atoms with E-state index in [1.165, 1.54) is 0 Å². The van der Waals surface area contributed by atoms with Gasteiger partial charge in [-0.05, 0) is 32.3 Å². The number of hydrogen-bond donors (Lipinski definition) is 2. The van der Waals surface area contributed by atoms with Gasteiger partial charge in [0.25, 0.3) is 0 Å². The van der Waals surface area contributed by atoms with Crippen LogP contribution in [0.5, 0.6) is 0 Å². The van der Waals surface area contributed by atoms with Crippen LogP contribution in [0.2, 0.25) is 0 Å². The van der Waals surface area contributed by atoms with Crippen molar-refractivity contribution in [1.82, 2.24) is 15.5 Å². The van der Waals surface area contributed by atoms with Crippen molar-refractivity contribution in [3.8, 4) is 0 Å². The number of amides is 1. The molecule has 6 nitrogen and oxygen atoms in total. The van der Waals surface area contributed by atoms with E-state index >= 15 is 0 Å². The highest BCUT2D eigenvalue weighted by Gasteiger charge is 2.23. The molecule has 1 aliphatic rings. The lowest BCUT2D eigenvalue weighted by Crippen LogP contribution is -2.44. The van der Waals surface area contributed by atoms with Gasteiger partial charge < -0.3 is 16.0 Å². The maximum atomic E-state index is 11.1. The fraction of sp³-hybridized carbons (Fsp3) is 0.643. The summed E-state index contributed by atoms with van der Waals surface area (Å²) in [5.41, 5.74) is 9.01. The van der Waals surface area contributed by atoms with Crippen molar-refractivity contribution < 1.29 is 4.79 Å². The molecule has 20 heavy (non-hydrogen) atoms. The average molecular weight is 277 g/mol. The third-order valence-electron chi connectivity index (χ3n) is 3.97. The Morgan fingerprint density at radius 2 is 2.00 bits per heavy atom. The summed E-state index contributed by atoms with van der Waals surface area (Å²) >= 11 is 0. The molecule has 3 N–H and O–H groups in total. The van der Waals surface area contributed by atoms with Crippen LogP contribution in [0.25, 0.3) is 0 Å². The van der Waals surface area contributed by atoms with E-state index < -0.39 is 0 Å². The minimum atomic E-state index is 0.0390. The van der Waals surface area contributed by atoms with E-state index in [-0.39, 0.29) is 11.9 Å². The van der Waals surface area contributed by atoms with Gasteiger partial charge in [0.05, 0.1) is 5.69 Å². The van der Waals surface area contributed by atoms with Crippen LogP contribution in [0.15, 0.2) is 0 Å². The van der Waals surface area contributed by atoms with Crippen LogP contribution in [0, 0.1) is 13.8 Å². The van der Waals surface area contributed by atoms with Crippen LogP contribution in [-0.2, 0) is 11.3 Å². The zero-order valence-corrected chi connectivity index (χ0v) is 12.4. The Hall–Kier alpha value is -1.69. The maximum absolute atomic E-state index is 11.1. The number of carbonyl (C=O) groups excluding carboxylic acids is 1. The minimum Gasteiger partial charge on any atom is -0.355 e. The first kappa shape index (κ1) is 14.7. The third kappa shape index (κ3) is 3.07. The van der Waals surface area contributed by atoms with Crippen molar-refractivity contribution in [1.29, 1.82) is 0 Å². The number of rotatable bonds is 3. The first-order chi connectivity index (χ1) is 9.52. The summed E-state index contributed by atoms with van der Waals surface area (Å²) in [7, 11) is 0. The Kier molecular flexibility index (Phi) is 4.54. The van der Waals surface area contributed by atoms with E-state index in [0.717, 1.165) is 48.6 Å². The van der Waals surface area contributed by atoms with Gasteiger partial charge in [0, 0.05) is 38.2 Å². The number of nitrogens with zero attached hydrogens (tertiary/aromatic N) is 3. The molecule has 2 heterocycles. The number of hydrogen-bond acceptors (Lipinski definition) is 5. The summed E-state index contributed by atoms with van der Waals surface area (Å²) in [6.07, 6.45) is 1.86. The van der Waals surface area contributed by atoms with Crippen molar-refractivity contribution in [2.75, 3.05) is 18.0 Å². The summed E-state index contributed by atoms with van der Waals surface area (Å²) in [6, 6.07) is 0.268. The van der Waals surface area contributed by atoms with Crippen molar-refractivity contribution in [3.63, 3.8) is 0 Å². The quantitative estimate of drug-likeness (QED) is 0.848. The monoisotopic (exact) mass is 277 g/mol. The zero-order valence-electron chi connectivity index (χ0n) is 12.4. The van der Waals surface area contributed by atoms with Gasteiger partial charge in [-0.25, -0.2) is 0 Å². The Balaban J connectivity index is 2.11. The largest absolute Gasteiger partial charge is 0.355 e. The van der Waals surface area contributed by atoms with Gasteiger partial charge in [0.1, 0.15) is 0 Å². The van der Waals surface area contributed by atoms with E-state index in [4.69, 9.17) is 5.73 Å². The topological polar surface area (TPSA) is 84.1 Å². The molecule has 1 aromatic rings. The maximum Gasteiger partial charge on any atom is 0.217 e.